The van der Waals surface area contributed by atoms with Gasteiger partial charge in [-0.15, -0.1) is 6.42 Å². The molecule has 1 saturated heterocycles. The number of hydrogen-bond acceptors (Lipinski definition) is 3. The highest BCUT2D eigenvalue weighted by Crippen LogP contribution is 2.35. The van der Waals surface area contributed by atoms with Gasteiger partial charge in [-0.1, -0.05) is 24.1 Å². The van der Waals surface area contributed by atoms with Crippen LogP contribution in [0, 0.1) is 18.2 Å². The molecule has 0 radical (unpaired) electrons. The maximum atomic E-state index is 13.3. The quantitative estimate of drug-likeness (QED) is 0.784. The topological polar surface area (TPSA) is 67.4 Å². The molecule has 2 amide bonds. The Labute approximate surface area is 163 Å². The molecule has 1 fully saturated rings. The minimum Gasteiger partial charge on any atom is -0.381 e. The van der Waals surface area contributed by atoms with E-state index in [0.717, 1.165) is 5.56 Å². The number of anilines is 1. The Morgan fingerprint density at radius 2 is 1.86 bits per heavy atom. The maximum Gasteiger partial charge on any atom is 0.243 e. The number of carbonyl (C=O) groups excluding carboxylic acids is 2. The molecule has 6 heteroatoms. The zero-order valence-electron chi connectivity index (χ0n) is 15.3. The van der Waals surface area contributed by atoms with Crippen LogP contribution in [-0.2, 0) is 19.7 Å². The molecular formula is C22H21FN2O3. The predicted octanol–water partition coefficient (Wildman–Crippen LogP) is 2.61. The van der Waals surface area contributed by atoms with Gasteiger partial charge in [0.1, 0.15) is 5.82 Å². The molecule has 0 aromatic heterocycles. The van der Waals surface area contributed by atoms with Crippen LogP contribution in [0.5, 0.6) is 0 Å². The molecule has 0 spiro atoms. The minimum absolute atomic E-state index is 0.178. The molecule has 0 aliphatic carbocycles. The molecule has 1 aliphatic rings. The number of carbonyl (C=O) groups is 2. The second kappa shape index (κ2) is 8.68. The molecule has 2 aromatic carbocycles. The summed E-state index contributed by atoms with van der Waals surface area (Å²) in [5.74, 6) is 1.51. The van der Waals surface area contributed by atoms with Gasteiger partial charge in [0.05, 0.1) is 12.0 Å². The van der Waals surface area contributed by atoms with Crippen LogP contribution in [0.1, 0.15) is 24.0 Å². The Balaban J connectivity index is 1.67. The van der Waals surface area contributed by atoms with E-state index in [1.54, 1.807) is 36.4 Å². The van der Waals surface area contributed by atoms with Crippen LogP contribution in [0.3, 0.4) is 0 Å². The third-order valence-electron chi connectivity index (χ3n) is 4.90. The van der Waals surface area contributed by atoms with Gasteiger partial charge < -0.3 is 15.4 Å². The monoisotopic (exact) mass is 380 g/mol. The second-order valence-corrected chi connectivity index (χ2v) is 6.66. The van der Waals surface area contributed by atoms with Gasteiger partial charge in [-0.25, -0.2) is 4.39 Å². The van der Waals surface area contributed by atoms with Gasteiger partial charge in [-0.2, -0.15) is 0 Å². The third kappa shape index (κ3) is 4.38. The molecule has 0 saturated carbocycles. The number of benzene rings is 2. The average molecular weight is 380 g/mol. The number of halogens is 1. The van der Waals surface area contributed by atoms with Crippen molar-refractivity contribution >= 4 is 17.5 Å². The van der Waals surface area contributed by atoms with Crippen molar-refractivity contribution in [2.45, 2.75) is 18.3 Å². The Bertz CT molecular complexity index is 897. The molecule has 5 nitrogen and oxygen atoms in total. The van der Waals surface area contributed by atoms with Crippen LogP contribution in [0.2, 0.25) is 0 Å². The molecule has 0 unspecified atom stereocenters. The Morgan fingerprint density at radius 3 is 2.54 bits per heavy atom. The lowest BCUT2D eigenvalue weighted by molar-refractivity contribution is -0.132. The van der Waals surface area contributed by atoms with Crippen molar-refractivity contribution in [2.75, 3.05) is 25.1 Å². The van der Waals surface area contributed by atoms with E-state index in [0.29, 0.717) is 37.3 Å². The first-order valence-electron chi connectivity index (χ1n) is 9.02. The summed E-state index contributed by atoms with van der Waals surface area (Å²) >= 11 is 0. The van der Waals surface area contributed by atoms with E-state index in [4.69, 9.17) is 11.2 Å². The summed E-state index contributed by atoms with van der Waals surface area (Å²) < 4.78 is 18.7. The Kier molecular flexibility index (Phi) is 6.07. The first kappa shape index (κ1) is 19.6. The third-order valence-corrected chi connectivity index (χ3v) is 4.90. The summed E-state index contributed by atoms with van der Waals surface area (Å²) in [6.45, 7) is 0.675. The minimum atomic E-state index is -0.838. The summed E-state index contributed by atoms with van der Waals surface area (Å²) in [6.07, 6.45) is 6.29. The Morgan fingerprint density at radius 1 is 1.14 bits per heavy atom. The predicted molar refractivity (Wildman–Crippen MR) is 104 cm³/mol. The van der Waals surface area contributed by atoms with Crippen LogP contribution in [0.25, 0.3) is 0 Å². The van der Waals surface area contributed by atoms with Crippen molar-refractivity contribution < 1.29 is 18.7 Å². The fourth-order valence-corrected chi connectivity index (χ4v) is 3.36. The number of hydrogen-bond donors (Lipinski definition) is 2. The fourth-order valence-electron chi connectivity index (χ4n) is 3.36. The zero-order chi connectivity index (χ0) is 20.0. The molecule has 1 heterocycles. The molecule has 1 aliphatic heterocycles. The van der Waals surface area contributed by atoms with E-state index < -0.39 is 5.41 Å². The Hall–Kier alpha value is -3.17. The first-order valence-corrected chi connectivity index (χ1v) is 9.02. The summed E-state index contributed by atoms with van der Waals surface area (Å²) in [4.78, 5) is 25.2. The summed E-state index contributed by atoms with van der Waals surface area (Å²) in [5, 5.41) is 5.43. The normalized spacial score (nSPS) is 15.3. The highest BCUT2D eigenvalue weighted by atomic mass is 19.1. The highest BCUT2D eigenvalue weighted by molar-refractivity contribution is 5.96. The fraction of sp³-hybridized carbons (Fsp3) is 0.273. The van der Waals surface area contributed by atoms with Gasteiger partial charge in [0.25, 0.3) is 0 Å². The van der Waals surface area contributed by atoms with E-state index in [2.05, 4.69) is 16.6 Å². The van der Waals surface area contributed by atoms with Crippen LogP contribution in [-0.4, -0.2) is 31.6 Å². The van der Waals surface area contributed by atoms with E-state index in [-0.39, 0.29) is 24.2 Å². The summed E-state index contributed by atoms with van der Waals surface area (Å²) in [6, 6.07) is 12.8. The smallest absolute Gasteiger partial charge is 0.243 e. The molecule has 0 bridgehead atoms. The lowest BCUT2D eigenvalue weighted by Crippen LogP contribution is -2.49. The first-order chi connectivity index (χ1) is 13.5. The van der Waals surface area contributed by atoms with Crippen LogP contribution < -0.4 is 10.6 Å². The number of terminal acetylenes is 1. The molecule has 144 valence electrons. The van der Waals surface area contributed by atoms with E-state index in [9.17, 15) is 14.0 Å². The van der Waals surface area contributed by atoms with Crippen molar-refractivity contribution in [1.82, 2.24) is 5.32 Å². The maximum absolute atomic E-state index is 13.3. The van der Waals surface area contributed by atoms with Gasteiger partial charge in [0.15, 0.2) is 0 Å². The van der Waals surface area contributed by atoms with Crippen molar-refractivity contribution in [3.8, 4) is 12.3 Å². The highest BCUT2D eigenvalue weighted by Gasteiger charge is 2.41. The molecule has 2 N–H and O–H groups in total. The van der Waals surface area contributed by atoms with Crippen LogP contribution in [0.4, 0.5) is 10.1 Å². The van der Waals surface area contributed by atoms with E-state index in [1.807, 2.05) is 0 Å². The average Bonchev–Trinajstić information content (AvgIpc) is 2.73. The largest absolute Gasteiger partial charge is 0.381 e. The van der Waals surface area contributed by atoms with Crippen molar-refractivity contribution in [2.24, 2.45) is 0 Å². The lowest BCUT2D eigenvalue weighted by Gasteiger charge is -2.36. The van der Waals surface area contributed by atoms with Crippen molar-refractivity contribution in [3.05, 3.63) is 65.5 Å². The van der Waals surface area contributed by atoms with Gasteiger partial charge in [-0.3, -0.25) is 9.59 Å². The van der Waals surface area contributed by atoms with Gasteiger partial charge in [0.2, 0.25) is 11.8 Å². The van der Waals surface area contributed by atoms with E-state index >= 15 is 0 Å². The molecular weight excluding hydrogens is 359 g/mol. The standard InChI is InChI=1S/C22H21FN2O3/c1-2-16-4-3-5-19(14-16)25-20(26)15-24-21(27)22(10-12-28-13-11-22)17-6-8-18(23)9-7-17/h1,3-9,14H,10-13,15H2,(H,24,27)(H,25,26). The van der Waals surface area contributed by atoms with Gasteiger partial charge in [-0.05, 0) is 48.7 Å². The van der Waals surface area contributed by atoms with Crippen LogP contribution >= 0.6 is 0 Å². The van der Waals surface area contributed by atoms with Gasteiger partial charge >= 0.3 is 0 Å². The number of rotatable bonds is 5. The summed E-state index contributed by atoms with van der Waals surface area (Å²) in [5.41, 5.74) is 1.10. The van der Waals surface area contributed by atoms with E-state index in [1.165, 1.54) is 12.1 Å². The van der Waals surface area contributed by atoms with Crippen molar-refractivity contribution in [3.63, 3.8) is 0 Å². The number of amides is 2. The molecule has 2 aromatic rings. The number of ether oxygens (including phenoxy) is 1. The number of nitrogens with one attached hydrogen (secondary N) is 2. The molecule has 0 atom stereocenters. The zero-order valence-corrected chi connectivity index (χ0v) is 15.3. The second-order valence-electron chi connectivity index (χ2n) is 6.66. The van der Waals surface area contributed by atoms with Crippen LogP contribution in [0.15, 0.2) is 48.5 Å². The summed E-state index contributed by atoms with van der Waals surface area (Å²) in [7, 11) is 0. The lowest BCUT2D eigenvalue weighted by atomic mass is 9.73. The van der Waals surface area contributed by atoms with Crippen molar-refractivity contribution in [1.29, 1.82) is 0 Å². The van der Waals surface area contributed by atoms with Gasteiger partial charge in [0, 0.05) is 24.5 Å². The molecule has 28 heavy (non-hydrogen) atoms. The molecule has 3 rings (SSSR count). The SMILES string of the molecule is C#Cc1cccc(NC(=O)CNC(=O)C2(c3ccc(F)cc3)CCOCC2)c1.